The Balaban J connectivity index is 1.37. The number of anilines is 1. The third kappa shape index (κ3) is 7.02. The molecule has 0 radical (unpaired) electrons. The second kappa shape index (κ2) is 13.7. The summed E-state index contributed by atoms with van der Waals surface area (Å²) in [6.07, 6.45) is 0.409. The fourth-order valence-corrected chi connectivity index (χ4v) is 7.32. The molecule has 11 heteroatoms. The monoisotopic (exact) mass is 622 g/mol. The number of sulfonamides is 1. The lowest BCUT2D eigenvalue weighted by Crippen LogP contribution is -2.53. The van der Waals surface area contributed by atoms with Crippen molar-refractivity contribution < 1.29 is 26.4 Å². The number of carbonyl (C=O) groups excluding carboxylic acids is 1. The van der Waals surface area contributed by atoms with Crippen LogP contribution >= 0.6 is 0 Å². The Bertz CT molecular complexity index is 1680. The molecule has 1 aliphatic heterocycles. The fraction of sp³-hybridized carbons (Fsp3) is 0.242. The number of rotatable bonds is 10. The van der Waals surface area contributed by atoms with Gasteiger partial charge in [-0.3, -0.25) is 4.79 Å². The first-order chi connectivity index (χ1) is 21.1. The van der Waals surface area contributed by atoms with E-state index < -0.39 is 51.4 Å². The van der Waals surface area contributed by atoms with Crippen molar-refractivity contribution in [2.24, 2.45) is 5.73 Å². The van der Waals surface area contributed by atoms with Crippen LogP contribution in [0.1, 0.15) is 29.0 Å². The summed E-state index contributed by atoms with van der Waals surface area (Å²) in [5.74, 6) is -3.22. The van der Waals surface area contributed by atoms with Crippen molar-refractivity contribution in [3.8, 4) is 0 Å². The first-order valence-electron chi connectivity index (χ1n) is 14.3. The zero-order chi connectivity index (χ0) is 31.3. The van der Waals surface area contributed by atoms with Crippen LogP contribution in [0.15, 0.2) is 102 Å². The zero-order valence-corrected chi connectivity index (χ0v) is 24.6. The Morgan fingerprint density at radius 2 is 1.55 bits per heavy atom. The standard InChI is InChI=1S/C33H33F3N4O3S/c34-24-9-4-7-22(19-24)31(23-8-5-10-25(35)20-23)32(37)33(41)39-30-14-6-13-29(36)28(30)16-15-26-21-38-17-18-40(26)44(42,43)27-11-2-1-3-12-27/h1-14,19-20,26,31-32,38H,15-18,21,37H2,(H,39,41)/t26-,32-/m0/s1. The van der Waals surface area contributed by atoms with Crippen molar-refractivity contribution in [3.63, 3.8) is 0 Å². The van der Waals surface area contributed by atoms with Crippen molar-refractivity contribution in [3.05, 3.63) is 131 Å². The molecule has 2 atom stereocenters. The van der Waals surface area contributed by atoms with Crippen LogP contribution in [0.2, 0.25) is 0 Å². The van der Waals surface area contributed by atoms with Gasteiger partial charge in [0.2, 0.25) is 15.9 Å². The Hall–Kier alpha value is -4.03. The largest absolute Gasteiger partial charge is 0.324 e. The number of amides is 1. The molecule has 4 N–H and O–H groups in total. The van der Waals surface area contributed by atoms with Gasteiger partial charge in [-0.15, -0.1) is 0 Å². The van der Waals surface area contributed by atoms with Gasteiger partial charge in [0.15, 0.2) is 0 Å². The lowest BCUT2D eigenvalue weighted by Gasteiger charge is -2.35. The predicted molar refractivity (Wildman–Crippen MR) is 163 cm³/mol. The quantitative estimate of drug-likeness (QED) is 0.236. The van der Waals surface area contributed by atoms with Gasteiger partial charge >= 0.3 is 0 Å². The third-order valence-corrected chi connectivity index (χ3v) is 9.79. The second-order valence-corrected chi connectivity index (χ2v) is 12.6. The minimum atomic E-state index is -3.77. The number of piperazine rings is 1. The number of nitrogens with two attached hydrogens (primary N) is 1. The molecule has 44 heavy (non-hydrogen) atoms. The summed E-state index contributed by atoms with van der Waals surface area (Å²) in [7, 11) is -3.77. The molecule has 0 spiro atoms. The molecular formula is C33H33F3N4O3S. The Morgan fingerprint density at radius 3 is 2.18 bits per heavy atom. The molecule has 0 bridgehead atoms. The number of nitrogens with zero attached hydrogens (tertiary/aromatic N) is 1. The molecule has 1 aliphatic rings. The summed E-state index contributed by atoms with van der Waals surface area (Å²) in [4.78, 5) is 13.7. The average Bonchev–Trinajstić information content (AvgIpc) is 3.01. The van der Waals surface area contributed by atoms with Crippen LogP contribution in [0.3, 0.4) is 0 Å². The van der Waals surface area contributed by atoms with Crippen LogP contribution in [-0.2, 0) is 21.2 Å². The molecule has 5 rings (SSSR count). The molecule has 1 amide bonds. The lowest BCUT2D eigenvalue weighted by atomic mass is 9.84. The van der Waals surface area contributed by atoms with E-state index in [2.05, 4.69) is 10.6 Å². The molecule has 1 saturated heterocycles. The van der Waals surface area contributed by atoms with E-state index in [1.807, 2.05) is 0 Å². The summed E-state index contributed by atoms with van der Waals surface area (Å²) in [5, 5.41) is 5.93. The normalized spacial score (nSPS) is 16.5. The maximum atomic E-state index is 15.2. The highest BCUT2D eigenvalue weighted by atomic mass is 32.2. The van der Waals surface area contributed by atoms with Crippen LogP contribution in [0.4, 0.5) is 18.9 Å². The fourth-order valence-electron chi connectivity index (χ4n) is 5.65. The van der Waals surface area contributed by atoms with E-state index in [0.29, 0.717) is 24.2 Å². The number of carbonyl (C=O) groups is 1. The lowest BCUT2D eigenvalue weighted by molar-refractivity contribution is -0.117. The van der Waals surface area contributed by atoms with E-state index in [1.54, 1.807) is 48.5 Å². The first kappa shape index (κ1) is 31.4. The van der Waals surface area contributed by atoms with Gasteiger partial charge in [-0.25, -0.2) is 21.6 Å². The maximum Gasteiger partial charge on any atom is 0.243 e. The van der Waals surface area contributed by atoms with E-state index in [4.69, 9.17) is 5.73 Å². The maximum absolute atomic E-state index is 15.2. The Morgan fingerprint density at radius 1 is 0.909 bits per heavy atom. The number of halogens is 3. The third-order valence-electron chi connectivity index (χ3n) is 7.83. The first-order valence-corrected chi connectivity index (χ1v) is 15.7. The highest BCUT2D eigenvalue weighted by molar-refractivity contribution is 7.89. The van der Waals surface area contributed by atoms with Crippen molar-refractivity contribution in [2.45, 2.75) is 35.7 Å². The molecule has 0 saturated carbocycles. The van der Waals surface area contributed by atoms with Gasteiger partial charge in [0, 0.05) is 42.8 Å². The topological polar surface area (TPSA) is 105 Å². The van der Waals surface area contributed by atoms with Gasteiger partial charge < -0.3 is 16.4 Å². The summed E-state index contributed by atoms with van der Waals surface area (Å²) in [6.45, 7) is 1.13. The van der Waals surface area contributed by atoms with Gasteiger partial charge in [0.05, 0.1) is 10.9 Å². The summed E-state index contributed by atoms with van der Waals surface area (Å²) < 4.78 is 71.8. The number of hydrogen-bond donors (Lipinski definition) is 3. The van der Waals surface area contributed by atoms with Gasteiger partial charge in [-0.1, -0.05) is 48.5 Å². The average molecular weight is 623 g/mol. The van der Waals surface area contributed by atoms with Crippen LogP contribution in [0.25, 0.3) is 0 Å². The Kier molecular flexibility index (Phi) is 9.80. The van der Waals surface area contributed by atoms with E-state index in [9.17, 15) is 22.0 Å². The molecule has 0 unspecified atom stereocenters. The van der Waals surface area contributed by atoms with Crippen molar-refractivity contribution in [1.29, 1.82) is 0 Å². The molecule has 230 valence electrons. The van der Waals surface area contributed by atoms with Crippen molar-refractivity contribution in [1.82, 2.24) is 9.62 Å². The second-order valence-electron chi connectivity index (χ2n) is 10.7. The summed E-state index contributed by atoms with van der Waals surface area (Å²) in [5.41, 5.74) is 7.58. The van der Waals surface area contributed by atoms with Crippen LogP contribution in [0, 0.1) is 17.5 Å². The van der Waals surface area contributed by atoms with Gasteiger partial charge in [-0.05, 0) is 72.5 Å². The highest BCUT2D eigenvalue weighted by Gasteiger charge is 2.34. The van der Waals surface area contributed by atoms with Crippen LogP contribution < -0.4 is 16.4 Å². The molecular weight excluding hydrogens is 589 g/mol. The Labute approximate surface area is 254 Å². The minimum absolute atomic E-state index is 0.127. The molecule has 4 aromatic rings. The summed E-state index contributed by atoms with van der Waals surface area (Å²) in [6, 6.07) is 21.8. The molecule has 0 aromatic heterocycles. The number of benzene rings is 4. The highest BCUT2D eigenvalue weighted by Crippen LogP contribution is 2.30. The molecule has 1 fully saturated rings. The van der Waals surface area contributed by atoms with Gasteiger partial charge in [-0.2, -0.15) is 4.31 Å². The summed E-state index contributed by atoms with van der Waals surface area (Å²) >= 11 is 0. The van der Waals surface area contributed by atoms with Gasteiger partial charge in [0.25, 0.3) is 0 Å². The van der Waals surface area contributed by atoms with Crippen LogP contribution in [0.5, 0.6) is 0 Å². The van der Waals surface area contributed by atoms with E-state index >= 15 is 4.39 Å². The van der Waals surface area contributed by atoms with E-state index in [0.717, 1.165) is 0 Å². The number of nitrogens with one attached hydrogen (secondary N) is 2. The molecule has 7 nitrogen and oxygen atoms in total. The minimum Gasteiger partial charge on any atom is -0.324 e. The van der Waals surface area contributed by atoms with Crippen LogP contribution in [-0.4, -0.2) is 50.3 Å². The molecule has 4 aromatic carbocycles. The molecule has 0 aliphatic carbocycles. The van der Waals surface area contributed by atoms with E-state index in [1.165, 1.54) is 52.8 Å². The SMILES string of the molecule is N[C@H](C(=O)Nc1cccc(F)c1CC[C@H]1CNCCN1S(=O)(=O)c1ccccc1)C(c1cccc(F)c1)c1cccc(F)c1. The van der Waals surface area contributed by atoms with Crippen molar-refractivity contribution in [2.75, 3.05) is 25.0 Å². The zero-order valence-electron chi connectivity index (χ0n) is 23.8. The predicted octanol–water partition coefficient (Wildman–Crippen LogP) is 4.80. The van der Waals surface area contributed by atoms with Crippen molar-refractivity contribution >= 4 is 21.6 Å². The number of hydrogen-bond acceptors (Lipinski definition) is 5. The smallest absolute Gasteiger partial charge is 0.243 e. The van der Waals surface area contributed by atoms with Gasteiger partial charge in [0.1, 0.15) is 17.5 Å². The van der Waals surface area contributed by atoms with E-state index in [-0.39, 0.29) is 35.5 Å². The molecule has 1 heterocycles.